The van der Waals surface area contributed by atoms with Crippen LogP contribution in [-0.2, 0) is 19.4 Å². The van der Waals surface area contributed by atoms with Crippen molar-refractivity contribution in [2.24, 2.45) is 0 Å². The fourth-order valence-corrected chi connectivity index (χ4v) is 5.77. The molecule has 1 aromatic heterocycles. The van der Waals surface area contributed by atoms with Crippen LogP contribution < -0.4 is 18.9 Å². The zero-order valence-electron chi connectivity index (χ0n) is 21.8. The molecule has 4 heterocycles. The van der Waals surface area contributed by atoms with Crippen LogP contribution in [0.1, 0.15) is 39.7 Å². The number of hydrogen-bond acceptors (Lipinski definition) is 10. The molecule has 1 atom stereocenters. The second-order valence-corrected chi connectivity index (χ2v) is 9.66. The first-order valence-electron chi connectivity index (χ1n) is 12.6. The number of aryl methyl sites for hydroxylation is 1. The lowest BCUT2D eigenvalue weighted by molar-refractivity contribution is -0.389. The summed E-state index contributed by atoms with van der Waals surface area (Å²) in [4.78, 5) is 17.0. The Labute approximate surface area is 229 Å². The number of benzene rings is 2. The summed E-state index contributed by atoms with van der Waals surface area (Å²) in [6, 6.07) is 10.1. The lowest BCUT2D eigenvalue weighted by atomic mass is 9.81. The van der Waals surface area contributed by atoms with Gasteiger partial charge in [0.1, 0.15) is 24.0 Å². The Morgan fingerprint density at radius 2 is 2.08 bits per heavy atom. The van der Waals surface area contributed by atoms with E-state index in [1.807, 2.05) is 6.07 Å². The Kier molecular flexibility index (Phi) is 6.25. The van der Waals surface area contributed by atoms with Gasteiger partial charge in [0.15, 0.2) is 29.6 Å². The fraction of sp³-hybridized carbons (Fsp3) is 0.321. The average Bonchev–Trinajstić information content (AvgIpc) is 3.58. The van der Waals surface area contributed by atoms with Gasteiger partial charge >= 0.3 is 5.82 Å². The van der Waals surface area contributed by atoms with E-state index in [0.29, 0.717) is 30.3 Å². The van der Waals surface area contributed by atoms with Crippen molar-refractivity contribution in [3.8, 4) is 35.1 Å². The van der Waals surface area contributed by atoms with Gasteiger partial charge in [0.2, 0.25) is 12.6 Å². The van der Waals surface area contributed by atoms with Crippen LogP contribution >= 0.6 is 0 Å². The molecule has 3 aliphatic heterocycles. The predicted octanol–water partition coefficient (Wildman–Crippen LogP) is 3.92. The van der Waals surface area contributed by atoms with Crippen LogP contribution in [0.4, 0.5) is 5.82 Å². The second kappa shape index (κ2) is 9.91. The quantitative estimate of drug-likeness (QED) is 0.256. The molecule has 0 radical (unpaired) electrons. The van der Waals surface area contributed by atoms with Crippen molar-refractivity contribution in [2.75, 3.05) is 27.1 Å². The van der Waals surface area contributed by atoms with Gasteiger partial charge in [-0.25, -0.2) is 0 Å². The maximum atomic E-state index is 11.3. The fourth-order valence-electron chi connectivity index (χ4n) is 5.77. The summed E-state index contributed by atoms with van der Waals surface area (Å²) in [7, 11) is 1.52. The highest BCUT2D eigenvalue weighted by molar-refractivity contribution is 5.82. The van der Waals surface area contributed by atoms with Gasteiger partial charge < -0.3 is 29.1 Å². The van der Waals surface area contributed by atoms with E-state index in [9.17, 15) is 20.6 Å². The minimum atomic E-state index is -0.592. The molecule has 40 heavy (non-hydrogen) atoms. The molecule has 0 bridgehead atoms. The summed E-state index contributed by atoms with van der Waals surface area (Å²) >= 11 is 0. The van der Waals surface area contributed by atoms with Gasteiger partial charge in [-0.15, -0.1) is 0 Å². The molecule has 202 valence electrons. The maximum Gasteiger partial charge on any atom is 0.382 e. The van der Waals surface area contributed by atoms with E-state index in [4.69, 9.17) is 18.9 Å². The Hall–Kier alpha value is -5.07. The topological polar surface area (TPSA) is 149 Å². The first-order valence-corrected chi connectivity index (χ1v) is 12.6. The number of imidazole rings is 1. The average molecular weight is 541 g/mol. The molecule has 12 heteroatoms. The molecular formula is C28H24N6O6. The highest BCUT2D eigenvalue weighted by Crippen LogP contribution is 2.48. The summed E-state index contributed by atoms with van der Waals surface area (Å²) in [5.74, 6) is 2.39. The van der Waals surface area contributed by atoms with E-state index in [1.54, 1.807) is 19.1 Å². The molecule has 0 fully saturated rings. The Morgan fingerprint density at radius 3 is 2.77 bits per heavy atom. The Morgan fingerprint density at radius 1 is 1.27 bits per heavy atom. The van der Waals surface area contributed by atoms with Crippen LogP contribution in [0.15, 0.2) is 24.4 Å². The lowest BCUT2D eigenvalue weighted by Crippen LogP contribution is -2.39. The highest BCUT2D eigenvalue weighted by atomic mass is 16.7. The number of hydrogen-bond donors (Lipinski definition) is 0. The molecule has 3 aromatic rings. The summed E-state index contributed by atoms with van der Waals surface area (Å²) in [5, 5.41) is 30.6. The van der Waals surface area contributed by atoms with E-state index in [-0.39, 0.29) is 31.0 Å². The van der Waals surface area contributed by atoms with E-state index in [2.05, 4.69) is 28.1 Å². The number of nitro groups is 1. The van der Waals surface area contributed by atoms with Crippen molar-refractivity contribution >= 4 is 17.6 Å². The van der Waals surface area contributed by atoms with Crippen LogP contribution in [0.25, 0.3) is 11.8 Å². The molecule has 0 saturated heterocycles. The number of nitriles is 2. The third-order valence-corrected chi connectivity index (χ3v) is 7.58. The lowest BCUT2D eigenvalue weighted by Gasteiger charge is -2.42. The van der Waals surface area contributed by atoms with Crippen molar-refractivity contribution < 1.29 is 23.9 Å². The summed E-state index contributed by atoms with van der Waals surface area (Å²) in [6.07, 6.45) is 4.37. The molecule has 6 rings (SSSR count). The number of methoxy groups -OCH3 is 1. The summed E-state index contributed by atoms with van der Waals surface area (Å²) < 4.78 is 24.2. The predicted molar refractivity (Wildman–Crippen MR) is 141 cm³/mol. The second-order valence-electron chi connectivity index (χ2n) is 9.66. The minimum Gasteiger partial charge on any atom is -0.493 e. The number of rotatable bonds is 6. The third kappa shape index (κ3) is 4.15. The van der Waals surface area contributed by atoms with Crippen LogP contribution in [0, 0.1) is 39.7 Å². The first kappa shape index (κ1) is 25.2. The highest BCUT2D eigenvalue weighted by Gasteiger charge is 2.37. The normalized spacial score (nSPS) is 17.2. The molecular weight excluding hydrogens is 516 g/mol. The SMILES string of the molecule is COc1cc(/C=C(\C#N)n2cc([N+](=O)[O-])nc2C)c2c(c1OCC#N)CN1CCc3cc4c(cc3C1C2)OCO4. The zero-order valence-corrected chi connectivity index (χ0v) is 21.8. The molecule has 1 unspecified atom stereocenters. The number of nitrogens with zero attached hydrogens (tertiary/aromatic N) is 6. The molecule has 0 spiro atoms. The van der Waals surface area contributed by atoms with Crippen molar-refractivity contribution in [1.82, 2.24) is 14.5 Å². The van der Waals surface area contributed by atoms with E-state index in [0.717, 1.165) is 46.7 Å². The Balaban J connectivity index is 1.50. The molecule has 0 amide bonds. The van der Waals surface area contributed by atoms with Crippen molar-refractivity contribution in [3.63, 3.8) is 0 Å². The van der Waals surface area contributed by atoms with Gasteiger partial charge in [0.05, 0.1) is 7.11 Å². The maximum absolute atomic E-state index is 11.3. The van der Waals surface area contributed by atoms with Crippen LogP contribution in [0.2, 0.25) is 0 Å². The molecule has 0 N–H and O–H groups in total. The van der Waals surface area contributed by atoms with Crippen LogP contribution in [-0.4, -0.2) is 46.4 Å². The number of fused-ring (bicyclic) bond motifs is 5. The third-order valence-electron chi connectivity index (χ3n) is 7.58. The minimum absolute atomic E-state index is 0.0386. The Bertz CT molecular complexity index is 1660. The van der Waals surface area contributed by atoms with Crippen LogP contribution in [0.3, 0.4) is 0 Å². The van der Waals surface area contributed by atoms with Crippen LogP contribution in [0.5, 0.6) is 23.0 Å². The number of allylic oxidation sites excluding steroid dienone is 1. The van der Waals surface area contributed by atoms with Gasteiger partial charge in [-0.3, -0.25) is 9.47 Å². The smallest absolute Gasteiger partial charge is 0.382 e. The number of ether oxygens (including phenoxy) is 4. The largest absolute Gasteiger partial charge is 0.493 e. The van der Waals surface area contributed by atoms with Crippen molar-refractivity contribution in [2.45, 2.75) is 32.4 Å². The number of aromatic nitrogens is 2. The van der Waals surface area contributed by atoms with Gasteiger partial charge in [-0.2, -0.15) is 10.5 Å². The van der Waals surface area contributed by atoms with E-state index >= 15 is 0 Å². The zero-order chi connectivity index (χ0) is 28.0. The van der Waals surface area contributed by atoms with Crippen molar-refractivity contribution in [1.29, 1.82) is 10.5 Å². The van der Waals surface area contributed by atoms with Crippen molar-refractivity contribution in [3.05, 3.63) is 68.2 Å². The van der Waals surface area contributed by atoms with Gasteiger partial charge in [-0.05, 0) is 69.3 Å². The molecule has 0 saturated carbocycles. The summed E-state index contributed by atoms with van der Waals surface area (Å²) in [5.41, 5.74) is 5.08. The monoisotopic (exact) mass is 540 g/mol. The van der Waals surface area contributed by atoms with Gasteiger partial charge in [0.25, 0.3) is 0 Å². The van der Waals surface area contributed by atoms with E-state index < -0.39 is 4.92 Å². The van der Waals surface area contributed by atoms with Gasteiger partial charge in [-0.1, -0.05) is 0 Å². The molecule has 0 aliphatic carbocycles. The molecule has 12 nitrogen and oxygen atoms in total. The van der Waals surface area contributed by atoms with E-state index in [1.165, 1.54) is 23.4 Å². The standard InChI is InChI=1S/C28H24N6O6/c1-16-31-27(34(35)36)14-33(16)19(12-30)7-18-9-26(37-2)28(38-6-4-29)22-13-32-5-3-17-8-24-25(40-15-39-24)11-21(17)23(32)10-20(18)22/h7-9,11,14,23H,3,5-6,10,13,15H2,1-2H3/b19-7+. The first-order chi connectivity index (χ1) is 19.4. The molecule has 3 aliphatic rings. The van der Waals surface area contributed by atoms with Gasteiger partial charge in [0, 0.05) is 31.6 Å². The molecule has 2 aromatic carbocycles. The summed E-state index contributed by atoms with van der Waals surface area (Å²) in [6.45, 7) is 3.03.